The highest BCUT2D eigenvalue weighted by Gasteiger charge is 2.21. The number of pyridine rings is 1. The number of nitrogens with zero attached hydrogens (tertiary/aromatic N) is 2. The fourth-order valence-corrected chi connectivity index (χ4v) is 3.44. The summed E-state index contributed by atoms with van der Waals surface area (Å²) in [7, 11) is 1.37. The van der Waals surface area contributed by atoms with Gasteiger partial charge in [-0.05, 0) is 37.1 Å². The molecule has 1 aromatic carbocycles. The van der Waals surface area contributed by atoms with Gasteiger partial charge in [-0.25, -0.2) is 14.4 Å². The van der Waals surface area contributed by atoms with Gasteiger partial charge in [-0.15, -0.1) is 0 Å². The third kappa shape index (κ3) is 3.39. The lowest BCUT2D eigenvalue weighted by atomic mass is 10.1. The summed E-state index contributed by atoms with van der Waals surface area (Å²) in [6.07, 6.45) is 3.53. The lowest BCUT2D eigenvalue weighted by molar-refractivity contribution is 0.300. The van der Waals surface area contributed by atoms with Crippen LogP contribution in [0.25, 0.3) is 22.3 Å². The second-order valence-corrected chi connectivity index (χ2v) is 6.68. The molecule has 0 unspecified atom stereocenters. The Hall–Kier alpha value is -3.72. The van der Waals surface area contributed by atoms with E-state index < -0.39 is 5.82 Å². The number of aromatic nitrogens is 4. The van der Waals surface area contributed by atoms with Crippen LogP contribution < -0.4 is 15.6 Å². The summed E-state index contributed by atoms with van der Waals surface area (Å²) in [5.41, 5.74) is 2.85. The summed E-state index contributed by atoms with van der Waals surface area (Å²) in [6, 6.07) is 6.21. The molecule has 0 aliphatic carbocycles. The van der Waals surface area contributed by atoms with Gasteiger partial charge in [-0.2, -0.15) is 0 Å². The van der Waals surface area contributed by atoms with E-state index in [0.717, 1.165) is 5.56 Å². The SMILES string of the molecule is COc1c(F)cccc1Nc1c(-c2ccnc(C)n2)[nH]c2c(CCO)c[nH]c(=O)c12. The van der Waals surface area contributed by atoms with E-state index in [1.54, 1.807) is 37.5 Å². The number of aliphatic hydroxyl groups excluding tert-OH is 1. The van der Waals surface area contributed by atoms with Gasteiger partial charge in [0.1, 0.15) is 5.82 Å². The predicted molar refractivity (Wildman–Crippen MR) is 112 cm³/mol. The maximum Gasteiger partial charge on any atom is 0.259 e. The lowest BCUT2D eigenvalue weighted by Crippen LogP contribution is -2.09. The highest BCUT2D eigenvalue weighted by molar-refractivity contribution is 6.03. The average molecular weight is 409 g/mol. The Labute approximate surface area is 170 Å². The molecule has 0 bridgehead atoms. The number of hydrogen-bond donors (Lipinski definition) is 4. The number of nitrogens with one attached hydrogen (secondary N) is 3. The zero-order chi connectivity index (χ0) is 21.3. The van der Waals surface area contributed by atoms with Crippen molar-refractivity contribution in [3.63, 3.8) is 0 Å². The van der Waals surface area contributed by atoms with E-state index in [0.29, 0.717) is 45.9 Å². The first-order valence-electron chi connectivity index (χ1n) is 9.30. The molecule has 3 heterocycles. The minimum absolute atomic E-state index is 0.0274. The molecular formula is C21H20FN5O3. The number of aliphatic hydroxyl groups is 1. The van der Waals surface area contributed by atoms with Crippen LogP contribution >= 0.6 is 0 Å². The van der Waals surface area contributed by atoms with Crippen molar-refractivity contribution in [2.45, 2.75) is 13.3 Å². The third-order valence-electron chi connectivity index (χ3n) is 4.77. The number of methoxy groups -OCH3 is 1. The van der Waals surface area contributed by atoms with Crippen molar-refractivity contribution < 1.29 is 14.2 Å². The van der Waals surface area contributed by atoms with Crippen molar-refractivity contribution in [3.05, 3.63) is 64.2 Å². The quantitative estimate of drug-likeness (QED) is 0.389. The van der Waals surface area contributed by atoms with Crippen LogP contribution in [0.1, 0.15) is 11.4 Å². The number of aromatic amines is 2. The molecule has 8 nitrogen and oxygen atoms in total. The largest absolute Gasteiger partial charge is 0.492 e. The number of rotatable bonds is 6. The van der Waals surface area contributed by atoms with Crippen molar-refractivity contribution in [3.8, 4) is 17.1 Å². The second kappa shape index (κ2) is 7.96. The Morgan fingerprint density at radius 3 is 2.87 bits per heavy atom. The van der Waals surface area contributed by atoms with Gasteiger partial charge < -0.3 is 25.1 Å². The number of para-hydroxylation sites is 1. The molecular weight excluding hydrogens is 389 g/mol. The van der Waals surface area contributed by atoms with Crippen LogP contribution in [0.5, 0.6) is 5.75 Å². The number of hydrogen-bond acceptors (Lipinski definition) is 6. The fourth-order valence-electron chi connectivity index (χ4n) is 3.44. The molecule has 9 heteroatoms. The molecule has 0 fully saturated rings. The second-order valence-electron chi connectivity index (χ2n) is 6.68. The molecule has 0 spiro atoms. The molecule has 4 aromatic rings. The van der Waals surface area contributed by atoms with Crippen LogP contribution in [0.15, 0.2) is 41.5 Å². The maximum absolute atomic E-state index is 14.2. The number of anilines is 2. The minimum atomic E-state index is -0.531. The molecule has 30 heavy (non-hydrogen) atoms. The number of fused-ring (bicyclic) bond motifs is 1. The molecule has 0 aliphatic rings. The lowest BCUT2D eigenvalue weighted by Gasteiger charge is -2.13. The van der Waals surface area contributed by atoms with Crippen molar-refractivity contribution >= 4 is 22.3 Å². The van der Waals surface area contributed by atoms with Crippen molar-refractivity contribution in [1.82, 2.24) is 19.9 Å². The van der Waals surface area contributed by atoms with Gasteiger partial charge in [0.2, 0.25) is 0 Å². The van der Waals surface area contributed by atoms with Gasteiger partial charge in [-0.3, -0.25) is 4.79 Å². The molecule has 0 amide bonds. The Balaban J connectivity index is 2.01. The van der Waals surface area contributed by atoms with Crippen molar-refractivity contribution in [2.75, 3.05) is 19.0 Å². The van der Waals surface area contributed by atoms with Crippen LogP contribution in [0, 0.1) is 12.7 Å². The monoisotopic (exact) mass is 409 g/mol. The van der Waals surface area contributed by atoms with Crippen molar-refractivity contribution in [2.24, 2.45) is 0 Å². The van der Waals surface area contributed by atoms with Gasteiger partial charge in [-0.1, -0.05) is 6.07 Å². The molecule has 0 aliphatic heterocycles. The summed E-state index contributed by atoms with van der Waals surface area (Å²) in [6.45, 7) is 1.68. The first-order valence-corrected chi connectivity index (χ1v) is 9.30. The van der Waals surface area contributed by atoms with Gasteiger partial charge in [0, 0.05) is 19.0 Å². The van der Waals surface area contributed by atoms with E-state index in [1.807, 2.05) is 0 Å². The van der Waals surface area contributed by atoms with Gasteiger partial charge >= 0.3 is 0 Å². The first-order chi connectivity index (χ1) is 14.5. The normalized spacial score (nSPS) is 11.1. The minimum Gasteiger partial charge on any atom is -0.492 e. The maximum atomic E-state index is 14.2. The summed E-state index contributed by atoms with van der Waals surface area (Å²) in [5.74, 6) is 0.0567. The molecule has 0 radical (unpaired) electrons. The Morgan fingerprint density at radius 1 is 1.30 bits per heavy atom. The average Bonchev–Trinajstić information content (AvgIpc) is 3.11. The zero-order valence-electron chi connectivity index (χ0n) is 16.4. The van der Waals surface area contributed by atoms with Crippen molar-refractivity contribution in [1.29, 1.82) is 0 Å². The van der Waals surface area contributed by atoms with Gasteiger partial charge in [0.15, 0.2) is 11.6 Å². The number of halogens is 1. The molecule has 0 saturated carbocycles. The van der Waals surface area contributed by atoms with Crippen LogP contribution in [0.3, 0.4) is 0 Å². The van der Waals surface area contributed by atoms with E-state index in [1.165, 1.54) is 13.2 Å². The van der Waals surface area contributed by atoms with Crippen LogP contribution in [0.2, 0.25) is 0 Å². The molecule has 3 aromatic heterocycles. The smallest absolute Gasteiger partial charge is 0.259 e. The van der Waals surface area contributed by atoms with E-state index in [2.05, 4.69) is 25.3 Å². The molecule has 154 valence electrons. The van der Waals surface area contributed by atoms with Crippen LogP contribution in [-0.2, 0) is 6.42 Å². The topological polar surface area (TPSA) is 116 Å². The highest BCUT2D eigenvalue weighted by atomic mass is 19.1. The summed E-state index contributed by atoms with van der Waals surface area (Å²) in [4.78, 5) is 27.3. The molecule has 0 atom stereocenters. The van der Waals surface area contributed by atoms with Crippen LogP contribution in [-0.4, -0.2) is 38.8 Å². The van der Waals surface area contributed by atoms with Gasteiger partial charge in [0.25, 0.3) is 5.56 Å². The number of ether oxygens (including phenoxy) is 1. The Bertz CT molecular complexity index is 1280. The number of aryl methyl sites for hydroxylation is 1. The third-order valence-corrected chi connectivity index (χ3v) is 4.77. The zero-order valence-corrected chi connectivity index (χ0v) is 16.4. The van der Waals surface area contributed by atoms with E-state index in [4.69, 9.17) is 4.74 Å². The Kier molecular flexibility index (Phi) is 5.20. The first kappa shape index (κ1) is 19.6. The Morgan fingerprint density at radius 2 is 2.13 bits per heavy atom. The van der Waals surface area contributed by atoms with Crippen LogP contribution in [0.4, 0.5) is 15.8 Å². The summed E-state index contributed by atoms with van der Waals surface area (Å²) < 4.78 is 19.4. The summed E-state index contributed by atoms with van der Waals surface area (Å²) >= 11 is 0. The summed E-state index contributed by atoms with van der Waals surface area (Å²) in [5, 5.41) is 12.9. The standard InChI is InChI=1S/C21H20FN5O3/c1-11-23-8-6-14(25-11)18-19(26-15-5-3-4-13(22)20(15)30-2)16-17(27-18)12(7-9-28)10-24-21(16)29/h3-6,8,10,26-28H,7,9H2,1-2H3,(H,24,29). The number of H-pyrrole nitrogens is 2. The van der Waals surface area contributed by atoms with E-state index in [9.17, 15) is 14.3 Å². The van der Waals surface area contributed by atoms with Gasteiger partial charge in [0.05, 0.1) is 40.8 Å². The molecule has 0 saturated heterocycles. The molecule has 4 rings (SSSR count). The van der Waals surface area contributed by atoms with E-state index >= 15 is 0 Å². The number of benzene rings is 1. The van der Waals surface area contributed by atoms with E-state index in [-0.39, 0.29) is 17.9 Å². The fraction of sp³-hybridized carbons (Fsp3) is 0.190. The molecule has 4 N–H and O–H groups in total. The predicted octanol–water partition coefficient (Wildman–Crippen LogP) is 3.05. The highest BCUT2D eigenvalue weighted by Crippen LogP contribution is 2.38.